The Kier molecular flexibility index (Phi) is 7.39. The third kappa shape index (κ3) is 3.78. The normalized spacial score (nSPS) is 11.9. The Morgan fingerprint density at radius 1 is 1.19 bits per heavy atom. The predicted molar refractivity (Wildman–Crippen MR) is 69.2 cm³/mol. The average Bonchev–Trinajstić information content (AvgIpc) is 2.33. The van der Waals surface area contributed by atoms with Gasteiger partial charge < -0.3 is 11.1 Å². The SMILES string of the molecule is CCC(CC)CNC(=O)C(CC)(CC)CN. The average molecular weight is 228 g/mol. The molecule has 1 amide bonds. The van der Waals surface area contributed by atoms with Crippen LogP contribution >= 0.6 is 0 Å². The quantitative estimate of drug-likeness (QED) is 0.670. The Bertz CT molecular complexity index is 188. The smallest absolute Gasteiger partial charge is 0.227 e. The first-order chi connectivity index (χ1) is 7.60. The maximum atomic E-state index is 12.1. The molecule has 0 aromatic carbocycles. The molecular formula is C13H28N2O. The number of nitrogens with one attached hydrogen (secondary N) is 1. The van der Waals surface area contributed by atoms with E-state index < -0.39 is 0 Å². The fourth-order valence-corrected chi connectivity index (χ4v) is 1.95. The summed E-state index contributed by atoms with van der Waals surface area (Å²) in [7, 11) is 0. The zero-order valence-electron chi connectivity index (χ0n) is 11.3. The number of hydrogen-bond acceptors (Lipinski definition) is 2. The second kappa shape index (κ2) is 7.66. The molecule has 0 atom stereocenters. The van der Waals surface area contributed by atoms with E-state index in [-0.39, 0.29) is 11.3 Å². The van der Waals surface area contributed by atoms with Crippen molar-refractivity contribution in [2.75, 3.05) is 13.1 Å². The summed E-state index contributed by atoms with van der Waals surface area (Å²) in [6.07, 6.45) is 3.86. The first-order valence-corrected chi connectivity index (χ1v) is 6.58. The van der Waals surface area contributed by atoms with Crippen molar-refractivity contribution in [1.82, 2.24) is 5.32 Å². The molecule has 0 saturated carbocycles. The summed E-state index contributed by atoms with van der Waals surface area (Å²) in [4.78, 5) is 12.1. The van der Waals surface area contributed by atoms with Crippen molar-refractivity contribution in [3.8, 4) is 0 Å². The minimum Gasteiger partial charge on any atom is -0.355 e. The van der Waals surface area contributed by atoms with Gasteiger partial charge in [0.1, 0.15) is 0 Å². The zero-order chi connectivity index (χ0) is 12.6. The van der Waals surface area contributed by atoms with Crippen LogP contribution in [0.2, 0.25) is 0 Å². The van der Waals surface area contributed by atoms with Crippen LogP contribution in [-0.4, -0.2) is 19.0 Å². The molecule has 3 nitrogen and oxygen atoms in total. The van der Waals surface area contributed by atoms with Gasteiger partial charge in [-0.3, -0.25) is 4.79 Å². The van der Waals surface area contributed by atoms with Gasteiger partial charge in [-0.2, -0.15) is 0 Å². The van der Waals surface area contributed by atoms with Gasteiger partial charge in [0, 0.05) is 13.1 Å². The molecule has 0 radical (unpaired) electrons. The number of amides is 1. The molecule has 96 valence electrons. The largest absolute Gasteiger partial charge is 0.355 e. The molecule has 3 heteroatoms. The van der Waals surface area contributed by atoms with E-state index >= 15 is 0 Å². The predicted octanol–water partition coefficient (Wildman–Crippen LogP) is 2.30. The third-order valence-electron chi connectivity index (χ3n) is 3.93. The molecule has 0 aliphatic heterocycles. The van der Waals surface area contributed by atoms with Gasteiger partial charge in [-0.1, -0.05) is 40.5 Å². The maximum absolute atomic E-state index is 12.1. The van der Waals surface area contributed by atoms with E-state index in [9.17, 15) is 4.79 Å². The fourth-order valence-electron chi connectivity index (χ4n) is 1.95. The van der Waals surface area contributed by atoms with Crippen molar-refractivity contribution in [3.63, 3.8) is 0 Å². The van der Waals surface area contributed by atoms with E-state index in [4.69, 9.17) is 5.73 Å². The molecule has 0 heterocycles. The van der Waals surface area contributed by atoms with Gasteiger partial charge in [0.15, 0.2) is 0 Å². The summed E-state index contributed by atoms with van der Waals surface area (Å²) >= 11 is 0. The van der Waals surface area contributed by atoms with E-state index in [1.165, 1.54) is 0 Å². The lowest BCUT2D eigenvalue weighted by molar-refractivity contribution is -0.131. The molecule has 0 aliphatic carbocycles. The van der Waals surface area contributed by atoms with E-state index in [1.807, 2.05) is 13.8 Å². The number of carbonyl (C=O) groups is 1. The Morgan fingerprint density at radius 2 is 1.69 bits per heavy atom. The monoisotopic (exact) mass is 228 g/mol. The Labute approximate surface area is 100 Å². The van der Waals surface area contributed by atoms with Gasteiger partial charge in [-0.25, -0.2) is 0 Å². The molecule has 16 heavy (non-hydrogen) atoms. The van der Waals surface area contributed by atoms with Crippen molar-refractivity contribution in [2.24, 2.45) is 17.1 Å². The van der Waals surface area contributed by atoms with Crippen molar-refractivity contribution < 1.29 is 4.79 Å². The van der Waals surface area contributed by atoms with Crippen molar-refractivity contribution in [3.05, 3.63) is 0 Å². The van der Waals surface area contributed by atoms with Crippen LogP contribution in [0.5, 0.6) is 0 Å². The first-order valence-electron chi connectivity index (χ1n) is 6.58. The Balaban J connectivity index is 4.31. The van der Waals surface area contributed by atoms with Crippen LogP contribution in [0.1, 0.15) is 53.4 Å². The van der Waals surface area contributed by atoms with Gasteiger partial charge >= 0.3 is 0 Å². The summed E-state index contributed by atoms with van der Waals surface area (Å²) in [6, 6.07) is 0. The molecule has 0 rings (SSSR count). The highest BCUT2D eigenvalue weighted by atomic mass is 16.2. The molecule has 0 unspecified atom stereocenters. The summed E-state index contributed by atoms with van der Waals surface area (Å²) in [5, 5.41) is 3.06. The van der Waals surface area contributed by atoms with Gasteiger partial charge in [-0.15, -0.1) is 0 Å². The maximum Gasteiger partial charge on any atom is 0.227 e. The summed E-state index contributed by atoms with van der Waals surface area (Å²) in [6.45, 7) is 9.62. The minimum absolute atomic E-state index is 0.131. The summed E-state index contributed by atoms with van der Waals surface area (Å²) in [5.41, 5.74) is 5.39. The molecule has 0 aromatic heterocycles. The van der Waals surface area contributed by atoms with Crippen LogP contribution in [0.25, 0.3) is 0 Å². The fraction of sp³-hybridized carbons (Fsp3) is 0.923. The van der Waals surface area contributed by atoms with Crippen molar-refractivity contribution >= 4 is 5.91 Å². The van der Waals surface area contributed by atoms with Crippen molar-refractivity contribution in [2.45, 2.75) is 53.4 Å². The van der Waals surface area contributed by atoms with E-state index in [0.717, 1.165) is 32.2 Å². The second-order valence-corrected chi connectivity index (χ2v) is 4.58. The molecule has 0 bridgehead atoms. The molecule has 0 fully saturated rings. The molecule has 0 saturated heterocycles. The number of hydrogen-bond donors (Lipinski definition) is 2. The number of nitrogens with two attached hydrogens (primary N) is 1. The summed E-state index contributed by atoms with van der Waals surface area (Å²) in [5.74, 6) is 0.722. The van der Waals surface area contributed by atoms with Crippen molar-refractivity contribution in [1.29, 1.82) is 0 Å². The molecular weight excluding hydrogens is 200 g/mol. The van der Waals surface area contributed by atoms with Crippen LogP contribution in [0.3, 0.4) is 0 Å². The highest BCUT2D eigenvalue weighted by Gasteiger charge is 2.33. The number of carbonyl (C=O) groups excluding carboxylic acids is 1. The highest BCUT2D eigenvalue weighted by Crippen LogP contribution is 2.25. The van der Waals surface area contributed by atoms with Gasteiger partial charge in [0.2, 0.25) is 5.91 Å². The molecule has 0 aromatic rings. The minimum atomic E-state index is -0.355. The molecule has 0 aliphatic rings. The lowest BCUT2D eigenvalue weighted by Gasteiger charge is -2.29. The van der Waals surface area contributed by atoms with E-state index in [2.05, 4.69) is 19.2 Å². The first kappa shape index (κ1) is 15.4. The van der Waals surface area contributed by atoms with E-state index in [1.54, 1.807) is 0 Å². The molecule has 0 spiro atoms. The lowest BCUT2D eigenvalue weighted by atomic mass is 9.81. The Hall–Kier alpha value is -0.570. The highest BCUT2D eigenvalue weighted by molar-refractivity contribution is 5.82. The van der Waals surface area contributed by atoms with E-state index in [0.29, 0.717) is 12.5 Å². The summed E-state index contributed by atoms with van der Waals surface area (Å²) < 4.78 is 0. The third-order valence-corrected chi connectivity index (χ3v) is 3.93. The second-order valence-electron chi connectivity index (χ2n) is 4.58. The molecule has 3 N–H and O–H groups in total. The van der Waals surface area contributed by atoms with Crippen LogP contribution in [0.15, 0.2) is 0 Å². The van der Waals surface area contributed by atoms with Gasteiger partial charge in [-0.05, 0) is 18.8 Å². The van der Waals surface area contributed by atoms with Crippen LogP contribution < -0.4 is 11.1 Å². The van der Waals surface area contributed by atoms with Crippen LogP contribution in [0, 0.1) is 11.3 Å². The van der Waals surface area contributed by atoms with Crippen LogP contribution in [0.4, 0.5) is 0 Å². The topological polar surface area (TPSA) is 55.1 Å². The lowest BCUT2D eigenvalue weighted by Crippen LogP contribution is -2.46. The number of rotatable bonds is 8. The van der Waals surface area contributed by atoms with Gasteiger partial charge in [0.05, 0.1) is 5.41 Å². The zero-order valence-corrected chi connectivity index (χ0v) is 11.3. The standard InChI is InChI=1S/C13H28N2O/c1-5-11(6-2)9-15-12(16)13(7-3,8-4)10-14/h11H,5-10,14H2,1-4H3,(H,15,16). The van der Waals surface area contributed by atoms with Crippen LogP contribution in [-0.2, 0) is 4.79 Å². The van der Waals surface area contributed by atoms with Gasteiger partial charge in [0.25, 0.3) is 0 Å². The Morgan fingerprint density at radius 3 is 2.00 bits per heavy atom.